The predicted octanol–water partition coefficient (Wildman–Crippen LogP) is 3.26. The van der Waals surface area contributed by atoms with Crippen molar-refractivity contribution >= 4 is 40.9 Å². The highest BCUT2D eigenvalue weighted by Gasteiger charge is 2.08. The Labute approximate surface area is 115 Å². The predicted molar refractivity (Wildman–Crippen MR) is 74.2 cm³/mol. The molecule has 1 aromatic heterocycles. The fourth-order valence-electron chi connectivity index (χ4n) is 1.22. The third-order valence-electron chi connectivity index (χ3n) is 2.12. The van der Waals surface area contributed by atoms with Crippen LogP contribution in [0.2, 0.25) is 10.2 Å². The number of carbonyl (C=O) groups excluding carboxylic acids is 1. The normalized spacial score (nSPS) is 10.3. The molecule has 6 heteroatoms. The number of thioether (sulfide) groups is 1. The van der Waals surface area contributed by atoms with E-state index < -0.39 is 0 Å². The summed E-state index contributed by atoms with van der Waals surface area (Å²) in [6.07, 6.45) is 5.56. The summed E-state index contributed by atoms with van der Waals surface area (Å²) in [5.74, 6) is 0.949. The van der Waals surface area contributed by atoms with Gasteiger partial charge in [0.25, 0.3) is 5.91 Å². The molecule has 0 fully saturated rings. The molecule has 0 atom stereocenters. The van der Waals surface area contributed by atoms with Crippen molar-refractivity contribution in [2.75, 3.05) is 18.6 Å². The fraction of sp³-hybridized carbons (Fsp3) is 0.455. The van der Waals surface area contributed by atoms with Gasteiger partial charge in [-0.15, -0.1) is 0 Å². The molecule has 3 nitrogen and oxygen atoms in total. The minimum Gasteiger partial charge on any atom is -0.352 e. The van der Waals surface area contributed by atoms with E-state index in [0.29, 0.717) is 17.1 Å². The molecule has 1 rings (SSSR count). The van der Waals surface area contributed by atoms with Crippen molar-refractivity contribution < 1.29 is 4.79 Å². The SMILES string of the molecule is CSCCCCNC(=O)c1cnc(Cl)c(Cl)c1. The van der Waals surface area contributed by atoms with Gasteiger partial charge in [0.05, 0.1) is 10.6 Å². The molecular weight excluding hydrogens is 279 g/mol. The van der Waals surface area contributed by atoms with Gasteiger partial charge >= 0.3 is 0 Å². The minimum atomic E-state index is -0.166. The number of hydrogen-bond acceptors (Lipinski definition) is 3. The van der Waals surface area contributed by atoms with Gasteiger partial charge in [-0.2, -0.15) is 11.8 Å². The van der Waals surface area contributed by atoms with Gasteiger partial charge in [-0.25, -0.2) is 4.98 Å². The number of amides is 1. The van der Waals surface area contributed by atoms with Crippen molar-refractivity contribution in [2.24, 2.45) is 0 Å². The Hall–Kier alpha value is -0.450. The molecule has 1 amide bonds. The van der Waals surface area contributed by atoms with E-state index in [9.17, 15) is 4.79 Å². The first-order chi connectivity index (χ1) is 8.15. The second kappa shape index (κ2) is 7.80. The van der Waals surface area contributed by atoms with Gasteiger partial charge < -0.3 is 5.32 Å². The maximum absolute atomic E-state index is 11.7. The summed E-state index contributed by atoms with van der Waals surface area (Å²) < 4.78 is 0. The number of aromatic nitrogens is 1. The summed E-state index contributed by atoms with van der Waals surface area (Å²) in [6, 6.07) is 1.52. The maximum atomic E-state index is 11.7. The molecule has 94 valence electrons. The topological polar surface area (TPSA) is 42.0 Å². The lowest BCUT2D eigenvalue weighted by atomic mass is 10.2. The summed E-state index contributed by atoms with van der Waals surface area (Å²) in [5.41, 5.74) is 0.435. The van der Waals surface area contributed by atoms with E-state index in [1.54, 1.807) is 11.8 Å². The van der Waals surface area contributed by atoms with Crippen molar-refractivity contribution in [1.29, 1.82) is 0 Å². The zero-order chi connectivity index (χ0) is 12.7. The van der Waals surface area contributed by atoms with Gasteiger partial charge in [-0.3, -0.25) is 4.79 Å². The van der Waals surface area contributed by atoms with Crippen molar-refractivity contribution in [2.45, 2.75) is 12.8 Å². The van der Waals surface area contributed by atoms with Crippen LogP contribution in [0.1, 0.15) is 23.2 Å². The Morgan fingerprint density at radius 2 is 2.24 bits per heavy atom. The van der Waals surface area contributed by atoms with Gasteiger partial charge in [0.15, 0.2) is 0 Å². The number of pyridine rings is 1. The number of hydrogen-bond donors (Lipinski definition) is 1. The highest BCUT2D eigenvalue weighted by molar-refractivity contribution is 7.98. The Morgan fingerprint density at radius 1 is 1.47 bits per heavy atom. The van der Waals surface area contributed by atoms with Crippen molar-refractivity contribution in [3.05, 3.63) is 28.0 Å². The smallest absolute Gasteiger partial charge is 0.252 e. The molecule has 0 aliphatic rings. The van der Waals surface area contributed by atoms with Gasteiger partial charge in [0.1, 0.15) is 5.15 Å². The van der Waals surface area contributed by atoms with Crippen LogP contribution in [-0.2, 0) is 0 Å². The average molecular weight is 293 g/mol. The Balaban J connectivity index is 2.39. The largest absolute Gasteiger partial charge is 0.352 e. The highest BCUT2D eigenvalue weighted by atomic mass is 35.5. The Morgan fingerprint density at radius 3 is 2.88 bits per heavy atom. The quantitative estimate of drug-likeness (QED) is 0.646. The number of halogens is 2. The van der Waals surface area contributed by atoms with E-state index in [-0.39, 0.29) is 11.1 Å². The molecule has 0 aliphatic carbocycles. The third kappa shape index (κ3) is 5.15. The summed E-state index contributed by atoms with van der Waals surface area (Å²) in [7, 11) is 0. The zero-order valence-electron chi connectivity index (χ0n) is 9.50. The van der Waals surface area contributed by atoms with Gasteiger partial charge in [0, 0.05) is 12.7 Å². The van der Waals surface area contributed by atoms with Crippen LogP contribution in [0.25, 0.3) is 0 Å². The summed E-state index contributed by atoms with van der Waals surface area (Å²) in [4.78, 5) is 15.5. The molecule has 0 aromatic carbocycles. The summed E-state index contributed by atoms with van der Waals surface area (Å²) in [5, 5.41) is 3.32. The number of nitrogens with zero attached hydrogens (tertiary/aromatic N) is 1. The number of nitrogens with one attached hydrogen (secondary N) is 1. The van der Waals surface area contributed by atoms with E-state index in [1.165, 1.54) is 12.3 Å². The standard InChI is InChI=1S/C11H14Cl2N2OS/c1-17-5-3-2-4-14-11(16)8-6-9(12)10(13)15-7-8/h6-7H,2-5H2,1H3,(H,14,16). The van der Waals surface area contributed by atoms with Gasteiger partial charge in [0.2, 0.25) is 0 Å². The molecule has 17 heavy (non-hydrogen) atoms. The minimum absolute atomic E-state index is 0.166. The van der Waals surface area contributed by atoms with Gasteiger partial charge in [-0.1, -0.05) is 23.2 Å². The summed E-state index contributed by atoms with van der Waals surface area (Å²) >= 11 is 13.3. The van der Waals surface area contributed by atoms with E-state index in [0.717, 1.165) is 18.6 Å². The van der Waals surface area contributed by atoms with Crippen LogP contribution in [0.4, 0.5) is 0 Å². The van der Waals surface area contributed by atoms with E-state index in [4.69, 9.17) is 23.2 Å². The zero-order valence-corrected chi connectivity index (χ0v) is 11.8. The first-order valence-electron chi connectivity index (χ1n) is 5.23. The van der Waals surface area contributed by atoms with E-state index in [2.05, 4.69) is 16.6 Å². The van der Waals surface area contributed by atoms with Crippen LogP contribution >= 0.6 is 35.0 Å². The molecular formula is C11H14Cl2N2OS. The lowest BCUT2D eigenvalue weighted by Crippen LogP contribution is -2.24. The first kappa shape index (κ1) is 14.6. The first-order valence-corrected chi connectivity index (χ1v) is 7.38. The lowest BCUT2D eigenvalue weighted by molar-refractivity contribution is 0.0953. The van der Waals surface area contributed by atoms with Crippen LogP contribution in [0.15, 0.2) is 12.3 Å². The summed E-state index contributed by atoms with van der Waals surface area (Å²) in [6.45, 7) is 0.666. The van der Waals surface area contributed by atoms with Crippen molar-refractivity contribution in [1.82, 2.24) is 10.3 Å². The monoisotopic (exact) mass is 292 g/mol. The molecule has 1 N–H and O–H groups in total. The van der Waals surface area contributed by atoms with E-state index in [1.807, 2.05) is 0 Å². The second-order valence-electron chi connectivity index (χ2n) is 3.45. The second-order valence-corrected chi connectivity index (χ2v) is 5.20. The maximum Gasteiger partial charge on any atom is 0.252 e. The third-order valence-corrected chi connectivity index (χ3v) is 3.50. The molecule has 0 unspecified atom stereocenters. The van der Waals surface area contributed by atoms with Crippen LogP contribution in [0.3, 0.4) is 0 Å². The molecule has 0 saturated carbocycles. The fourth-order valence-corrected chi connectivity index (χ4v) is 1.98. The molecule has 0 radical (unpaired) electrons. The molecule has 0 bridgehead atoms. The number of carbonyl (C=O) groups is 1. The van der Waals surface area contributed by atoms with E-state index >= 15 is 0 Å². The van der Waals surface area contributed by atoms with Gasteiger partial charge in [-0.05, 0) is 30.9 Å². The lowest BCUT2D eigenvalue weighted by Gasteiger charge is -2.05. The Bertz CT molecular complexity index is 388. The van der Waals surface area contributed by atoms with Crippen molar-refractivity contribution in [3.63, 3.8) is 0 Å². The molecule has 0 saturated heterocycles. The molecule has 1 heterocycles. The molecule has 0 spiro atoms. The number of rotatable bonds is 6. The highest BCUT2D eigenvalue weighted by Crippen LogP contribution is 2.19. The molecule has 1 aromatic rings. The molecule has 0 aliphatic heterocycles. The number of unbranched alkanes of at least 4 members (excludes halogenated alkanes) is 1. The van der Waals surface area contributed by atoms with Crippen molar-refractivity contribution in [3.8, 4) is 0 Å². The van der Waals surface area contributed by atoms with Crippen LogP contribution in [-0.4, -0.2) is 29.4 Å². The average Bonchev–Trinajstić information content (AvgIpc) is 2.32. The Kier molecular flexibility index (Phi) is 6.70. The van der Waals surface area contributed by atoms with Crippen LogP contribution < -0.4 is 5.32 Å². The van der Waals surface area contributed by atoms with Crippen LogP contribution in [0, 0.1) is 0 Å². The van der Waals surface area contributed by atoms with Crippen LogP contribution in [0.5, 0.6) is 0 Å².